The van der Waals surface area contributed by atoms with Crippen LogP contribution in [0, 0.1) is 0 Å². The second kappa shape index (κ2) is 6.74. The largest absolute Gasteiger partial charge is 0.379 e. The smallest absolute Gasteiger partial charge is 0.246 e. The molecular weight excluding hydrogens is 354 g/mol. The average molecular weight is 377 g/mol. The number of nitrogens with zero attached hydrogens (tertiary/aromatic N) is 3. The first-order valence-corrected chi connectivity index (χ1v) is 11.4. The van der Waals surface area contributed by atoms with Crippen LogP contribution in [0.25, 0.3) is 0 Å². The van der Waals surface area contributed by atoms with E-state index in [1.54, 1.807) is 4.68 Å². The molecule has 136 valence electrons. The zero-order valence-corrected chi connectivity index (χ0v) is 15.3. The lowest BCUT2D eigenvalue weighted by Gasteiger charge is -2.26. The highest BCUT2D eigenvalue weighted by Gasteiger charge is 2.39. The Morgan fingerprint density at radius 2 is 2.21 bits per heavy atom. The highest BCUT2D eigenvalue weighted by Crippen LogP contribution is 2.26. The fourth-order valence-corrected chi connectivity index (χ4v) is 6.75. The summed E-state index contributed by atoms with van der Waals surface area (Å²) in [6.45, 7) is 3.36. The Kier molecular flexibility index (Phi) is 5.01. The summed E-state index contributed by atoms with van der Waals surface area (Å²) >= 11 is 0. The van der Waals surface area contributed by atoms with Crippen molar-refractivity contribution in [2.75, 3.05) is 31.3 Å². The van der Waals surface area contributed by atoms with Crippen LogP contribution in [0.1, 0.15) is 32.2 Å². The number of sulfonamides is 1. The van der Waals surface area contributed by atoms with E-state index >= 15 is 0 Å². The van der Waals surface area contributed by atoms with Crippen molar-refractivity contribution in [3.05, 3.63) is 12.4 Å². The lowest BCUT2D eigenvalue weighted by atomic mass is 10.2. The van der Waals surface area contributed by atoms with Gasteiger partial charge in [0, 0.05) is 25.4 Å². The van der Waals surface area contributed by atoms with Crippen molar-refractivity contribution >= 4 is 19.9 Å². The Bertz CT molecular complexity index is 781. The van der Waals surface area contributed by atoms with Crippen LogP contribution in [0.4, 0.5) is 0 Å². The first-order valence-electron chi connectivity index (χ1n) is 8.17. The second-order valence-electron chi connectivity index (χ2n) is 6.35. The molecule has 0 radical (unpaired) electrons. The van der Waals surface area contributed by atoms with Gasteiger partial charge < -0.3 is 4.74 Å². The number of aromatic nitrogens is 2. The highest BCUT2D eigenvalue weighted by atomic mass is 32.2. The van der Waals surface area contributed by atoms with E-state index in [1.165, 1.54) is 16.7 Å². The van der Waals surface area contributed by atoms with Gasteiger partial charge in [-0.2, -0.15) is 9.40 Å². The first-order chi connectivity index (χ1) is 11.3. The minimum atomic E-state index is -3.76. The Balaban J connectivity index is 1.86. The number of sulfone groups is 1. The zero-order valence-electron chi connectivity index (χ0n) is 13.7. The second-order valence-corrected chi connectivity index (χ2v) is 10.5. The molecule has 1 aromatic heterocycles. The van der Waals surface area contributed by atoms with E-state index < -0.39 is 25.9 Å². The van der Waals surface area contributed by atoms with Crippen LogP contribution in [0.15, 0.2) is 17.3 Å². The Labute approximate surface area is 142 Å². The van der Waals surface area contributed by atoms with Gasteiger partial charge >= 0.3 is 0 Å². The molecule has 2 atom stereocenters. The van der Waals surface area contributed by atoms with Gasteiger partial charge in [0.1, 0.15) is 4.90 Å². The third-order valence-electron chi connectivity index (χ3n) is 4.52. The topological polar surface area (TPSA) is 98.6 Å². The summed E-state index contributed by atoms with van der Waals surface area (Å²) in [5.41, 5.74) is 0. The lowest BCUT2D eigenvalue weighted by molar-refractivity contribution is 0.184. The molecule has 3 rings (SSSR count). The van der Waals surface area contributed by atoms with E-state index in [-0.39, 0.29) is 22.4 Å². The van der Waals surface area contributed by atoms with Crippen LogP contribution in [-0.4, -0.2) is 68.2 Å². The van der Waals surface area contributed by atoms with Crippen LogP contribution in [-0.2, 0) is 24.6 Å². The van der Waals surface area contributed by atoms with E-state index in [1.807, 2.05) is 6.92 Å². The predicted octanol–water partition coefficient (Wildman–Crippen LogP) is 0.432. The van der Waals surface area contributed by atoms with Gasteiger partial charge in [-0.25, -0.2) is 16.8 Å². The first kappa shape index (κ1) is 17.8. The molecule has 0 aliphatic carbocycles. The summed E-state index contributed by atoms with van der Waals surface area (Å²) in [6, 6.07) is -0.432. The normalized spacial score (nSPS) is 27.1. The molecule has 2 saturated heterocycles. The molecule has 0 spiro atoms. The standard InChI is InChI=1S/C14H23N3O5S2/c1-2-5-17(13-4-7-23(18,19)11-13)24(20,21)14-8-15-16(9-14)12-3-6-22-10-12/h8-9,12-13H,2-7,10-11H2,1H3/t12-,13+/m1/s1. The van der Waals surface area contributed by atoms with Crippen LogP contribution in [0.3, 0.4) is 0 Å². The maximum Gasteiger partial charge on any atom is 0.246 e. The minimum absolute atomic E-state index is 0.0477. The average Bonchev–Trinajstić information content (AvgIpc) is 3.24. The third kappa shape index (κ3) is 3.51. The van der Waals surface area contributed by atoms with Crippen molar-refractivity contribution in [1.29, 1.82) is 0 Å². The summed E-state index contributed by atoms with van der Waals surface area (Å²) in [5, 5.41) is 4.17. The Morgan fingerprint density at radius 1 is 1.42 bits per heavy atom. The summed E-state index contributed by atoms with van der Waals surface area (Å²) in [4.78, 5) is 0.118. The van der Waals surface area contributed by atoms with Crippen LogP contribution >= 0.6 is 0 Å². The van der Waals surface area contributed by atoms with E-state index in [9.17, 15) is 16.8 Å². The molecule has 0 amide bonds. The number of ether oxygens (including phenoxy) is 1. The van der Waals surface area contributed by atoms with Crippen LogP contribution < -0.4 is 0 Å². The van der Waals surface area contributed by atoms with E-state index in [0.717, 1.165) is 6.42 Å². The number of hydrogen-bond donors (Lipinski definition) is 0. The van der Waals surface area contributed by atoms with Gasteiger partial charge in [0.25, 0.3) is 0 Å². The minimum Gasteiger partial charge on any atom is -0.379 e. The molecular formula is C14H23N3O5S2. The van der Waals surface area contributed by atoms with Gasteiger partial charge in [-0.3, -0.25) is 4.68 Å². The Hall–Kier alpha value is -0.970. The summed E-state index contributed by atoms with van der Waals surface area (Å²) < 4.78 is 57.7. The van der Waals surface area contributed by atoms with Gasteiger partial charge in [-0.05, 0) is 19.3 Å². The van der Waals surface area contributed by atoms with Gasteiger partial charge in [-0.1, -0.05) is 6.92 Å². The maximum absolute atomic E-state index is 13.0. The molecule has 2 fully saturated rings. The predicted molar refractivity (Wildman–Crippen MR) is 87.9 cm³/mol. The maximum atomic E-state index is 13.0. The van der Waals surface area contributed by atoms with Crippen molar-refractivity contribution in [2.24, 2.45) is 0 Å². The van der Waals surface area contributed by atoms with Crippen molar-refractivity contribution in [2.45, 2.75) is 43.2 Å². The van der Waals surface area contributed by atoms with E-state index in [2.05, 4.69) is 5.10 Å². The molecule has 2 aliphatic heterocycles. The molecule has 2 aliphatic rings. The molecule has 8 nitrogen and oxygen atoms in total. The third-order valence-corrected chi connectivity index (χ3v) is 8.18. The summed E-state index contributed by atoms with van der Waals surface area (Å²) in [6.07, 6.45) is 4.66. The molecule has 0 bridgehead atoms. The molecule has 1 aromatic rings. The quantitative estimate of drug-likeness (QED) is 0.713. The van der Waals surface area contributed by atoms with Crippen molar-refractivity contribution in [3.63, 3.8) is 0 Å². The molecule has 0 saturated carbocycles. The van der Waals surface area contributed by atoms with Crippen LogP contribution in [0.2, 0.25) is 0 Å². The van der Waals surface area contributed by atoms with Crippen molar-refractivity contribution in [3.8, 4) is 0 Å². The molecule has 24 heavy (non-hydrogen) atoms. The van der Waals surface area contributed by atoms with E-state index in [4.69, 9.17) is 4.74 Å². The van der Waals surface area contributed by atoms with Gasteiger partial charge in [-0.15, -0.1) is 0 Å². The summed E-state index contributed by atoms with van der Waals surface area (Å²) in [7, 11) is -6.91. The highest BCUT2D eigenvalue weighted by molar-refractivity contribution is 7.92. The van der Waals surface area contributed by atoms with Crippen molar-refractivity contribution < 1.29 is 21.6 Å². The molecule has 0 N–H and O–H groups in total. The molecule has 0 unspecified atom stereocenters. The zero-order chi connectivity index (χ0) is 17.4. The number of hydrogen-bond acceptors (Lipinski definition) is 6. The SMILES string of the molecule is CCCN([C@H]1CCS(=O)(=O)C1)S(=O)(=O)c1cnn([C@@H]2CCOC2)c1. The molecule has 3 heterocycles. The van der Waals surface area contributed by atoms with Gasteiger partial charge in [0.05, 0.1) is 30.4 Å². The Morgan fingerprint density at radius 3 is 2.79 bits per heavy atom. The van der Waals surface area contributed by atoms with E-state index in [0.29, 0.717) is 32.6 Å². The summed E-state index contributed by atoms with van der Waals surface area (Å²) in [5.74, 6) is -0.0527. The fraction of sp³-hybridized carbons (Fsp3) is 0.786. The monoisotopic (exact) mass is 377 g/mol. The molecule has 0 aromatic carbocycles. The fourth-order valence-electron chi connectivity index (χ4n) is 3.24. The van der Waals surface area contributed by atoms with Crippen molar-refractivity contribution in [1.82, 2.24) is 14.1 Å². The van der Waals surface area contributed by atoms with Gasteiger partial charge in [0.15, 0.2) is 9.84 Å². The number of rotatable bonds is 6. The molecule has 10 heteroatoms. The lowest BCUT2D eigenvalue weighted by Crippen LogP contribution is -2.41. The van der Waals surface area contributed by atoms with Crippen LogP contribution in [0.5, 0.6) is 0 Å². The van der Waals surface area contributed by atoms with Gasteiger partial charge in [0.2, 0.25) is 10.0 Å².